The first-order chi connectivity index (χ1) is 13.9. The molecule has 3 rings (SSSR count). The summed E-state index contributed by atoms with van der Waals surface area (Å²) in [5.74, 6) is 1.39. The van der Waals surface area contributed by atoms with Crippen LogP contribution in [-0.4, -0.2) is 32.8 Å². The molecule has 0 aliphatic rings. The van der Waals surface area contributed by atoms with Crippen molar-refractivity contribution >= 4 is 11.8 Å². The van der Waals surface area contributed by atoms with Crippen LogP contribution in [-0.2, 0) is 0 Å². The van der Waals surface area contributed by atoms with Gasteiger partial charge in [-0.25, -0.2) is 0 Å². The van der Waals surface area contributed by atoms with Crippen molar-refractivity contribution < 1.29 is 9.66 Å². The Hall–Kier alpha value is -2.87. The maximum absolute atomic E-state index is 11.4. The Balaban J connectivity index is 2.02. The molecule has 1 aromatic heterocycles. The Morgan fingerprint density at radius 3 is 2.59 bits per heavy atom. The molecule has 1 atom stereocenters. The molecule has 0 amide bonds. The van der Waals surface area contributed by atoms with Crippen LogP contribution in [0.15, 0.2) is 47.6 Å². The largest absolute Gasteiger partial charge is 0.494 e. The van der Waals surface area contributed by atoms with Crippen LogP contribution in [0.3, 0.4) is 0 Å². The molecule has 0 unspecified atom stereocenters. The molecule has 0 radical (unpaired) electrons. The number of nitrogens with zero attached hydrogens (tertiary/aromatic N) is 4. The summed E-state index contributed by atoms with van der Waals surface area (Å²) < 4.78 is 7.65. The molecule has 2 aromatic carbocycles. The van der Waals surface area contributed by atoms with Crippen molar-refractivity contribution in [2.45, 2.75) is 38.1 Å². The van der Waals surface area contributed by atoms with E-state index in [1.165, 1.54) is 17.3 Å². The summed E-state index contributed by atoms with van der Waals surface area (Å²) in [5, 5.41) is 20.1. The number of hydrogen-bond acceptors (Lipinski definition) is 6. The van der Waals surface area contributed by atoms with Crippen LogP contribution in [0.2, 0.25) is 0 Å². The quantitative estimate of drug-likeness (QED) is 0.303. The summed E-state index contributed by atoms with van der Waals surface area (Å²) >= 11 is 1.33. The van der Waals surface area contributed by atoms with E-state index in [-0.39, 0.29) is 11.5 Å². The van der Waals surface area contributed by atoms with E-state index in [1.807, 2.05) is 48.7 Å². The topological polar surface area (TPSA) is 83.1 Å². The second kappa shape index (κ2) is 9.09. The standard InChI is InChI=1S/C21H24N4O3S/c1-5-28-19-9-7-6-8-18(19)20(13-24(26)27)29-21-23-22-16(4)25(21)17-11-10-14(2)15(3)12-17/h6-12,20H,5,13H2,1-4H3/t20-/m1/s1. The molecule has 0 saturated carbocycles. The van der Waals surface area contributed by atoms with E-state index in [0.717, 1.165) is 22.6 Å². The lowest BCUT2D eigenvalue weighted by molar-refractivity contribution is -0.479. The molecular formula is C21H24N4O3S. The lowest BCUT2D eigenvalue weighted by Crippen LogP contribution is -2.12. The molecule has 0 bridgehead atoms. The Bertz CT molecular complexity index is 1020. The second-order valence-electron chi connectivity index (χ2n) is 6.73. The zero-order valence-electron chi connectivity index (χ0n) is 17.0. The highest BCUT2D eigenvalue weighted by atomic mass is 32.2. The fraction of sp³-hybridized carbons (Fsp3) is 0.333. The van der Waals surface area contributed by atoms with Gasteiger partial charge in [0.15, 0.2) is 5.16 Å². The monoisotopic (exact) mass is 412 g/mol. The van der Waals surface area contributed by atoms with Gasteiger partial charge in [-0.1, -0.05) is 36.0 Å². The zero-order chi connectivity index (χ0) is 21.0. The minimum atomic E-state index is -0.457. The predicted octanol–water partition coefficient (Wildman–Crippen LogP) is 4.70. The lowest BCUT2D eigenvalue weighted by Gasteiger charge is -2.17. The first kappa shape index (κ1) is 20.9. The van der Waals surface area contributed by atoms with Crippen molar-refractivity contribution in [2.24, 2.45) is 0 Å². The molecule has 3 aromatic rings. The molecule has 0 aliphatic carbocycles. The minimum absolute atomic E-state index is 0.242. The molecule has 0 fully saturated rings. The highest BCUT2D eigenvalue weighted by Crippen LogP contribution is 2.39. The number of thioether (sulfide) groups is 1. The van der Waals surface area contributed by atoms with E-state index >= 15 is 0 Å². The second-order valence-corrected chi connectivity index (χ2v) is 7.90. The van der Waals surface area contributed by atoms with E-state index < -0.39 is 5.25 Å². The van der Waals surface area contributed by atoms with Crippen LogP contribution in [0.5, 0.6) is 5.75 Å². The number of para-hydroxylation sites is 1. The molecule has 0 spiro atoms. The smallest absolute Gasteiger partial charge is 0.220 e. The molecule has 0 saturated heterocycles. The normalized spacial score (nSPS) is 12.0. The van der Waals surface area contributed by atoms with Gasteiger partial charge in [0.25, 0.3) is 0 Å². The van der Waals surface area contributed by atoms with Gasteiger partial charge in [0.1, 0.15) is 16.8 Å². The molecular weight excluding hydrogens is 388 g/mol. The fourth-order valence-corrected chi connectivity index (χ4v) is 4.28. The summed E-state index contributed by atoms with van der Waals surface area (Å²) in [6.45, 7) is 8.14. The van der Waals surface area contributed by atoms with Crippen molar-refractivity contribution in [1.29, 1.82) is 0 Å². The van der Waals surface area contributed by atoms with E-state index in [9.17, 15) is 10.1 Å². The Morgan fingerprint density at radius 2 is 1.90 bits per heavy atom. The highest BCUT2D eigenvalue weighted by molar-refractivity contribution is 7.99. The zero-order valence-corrected chi connectivity index (χ0v) is 17.8. The Morgan fingerprint density at radius 1 is 1.14 bits per heavy atom. The van der Waals surface area contributed by atoms with Crippen LogP contribution < -0.4 is 4.74 Å². The van der Waals surface area contributed by atoms with Crippen molar-refractivity contribution in [2.75, 3.05) is 13.2 Å². The lowest BCUT2D eigenvalue weighted by atomic mass is 10.1. The maximum atomic E-state index is 11.4. The van der Waals surface area contributed by atoms with Gasteiger partial charge in [-0.15, -0.1) is 10.2 Å². The molecule has 1 heterocycles. The Kier molecular flexibility index (Phi) is 6.53. The summed E-state index contributed by atoms with van der Waals surface area (Å²) in [6.07, 6.45) is 0. The third kappa shape index (κ3) is 4.76. The van der Waals surface area contributed by atoms with Crippen LogP contribution in [0.25, 0.3) is 5.69 Å². The highest BCUT2D eigenvalue weighted by Gasteiger charge is 2.26. The average molecular weight is 413 g/mol. The predicted molar refractivity (Wildman–Crippen MR) is 114 cm³/mol. The molecule has 0 N–H and O–H groups in total. The van der Waals surface area contributed by atoms with Crippen molar-refractivity contribution in [1.82, 2.24) is 14.8 Å². The van der Waals surface area contributed by atoms with Gasteiger partial charge >= 0.3 is 0 Å². The van der Waals surface area contributed by atoms with Gasteiger partial charge in [0.2, 0.25) is 6.54 Å². The number of benzene rings is 2. The van der Waals surface area contributed by atoms with Gasteiger partial charge in [-0.3, -0.25) is 14.7 Å². The van der Waals surface area contributed by atoms with Crippen molar-refractivity contribution in [3.05, 3.63) is 75.1 Å². The van der Waals surface area contributed by atoms with Crippen LogP contribution in [0, 0.1) is 30.9 Å². The van der Waals surface area contributed by atoms with Gasteiger partial charge in [0.05, 0.1) is 6.61 Å². The molecule has 0 aliphatic heterocycles. The summed E-state index contributed by atoms with van der Waals surface area (Å²) in [6, 6.07) is 13.6. The number of aryl methyl sites for hydroxylation is 3. The van der Waals surface area contributed by atoms with Crippen molar-refractivity contribution in [3.8, 4) is 11.4 Å². The minimum Gasteiger partial charge on any atom is -0.494 e. The van der Waals surface area contributed by atoms with E-state index in [1.54, 1.807) is 0 Å². The van der Waals surface area contributed by atoms with E-state index in [0.29, 0.717) is 17.5 Å². The van der Waals surface area contributed by atoms with Crippen LogP contribution in [0.4, 0.5) is 0 Å². The van der Waals surface area contributed by atoms with Crippen molar-refractivity contribution in [3.63, 3.8) is 0 Å². The average Bonchev–Trinajstić information content (AvgIpc) is 3.04. The van der Waals surface area contributed by atoms with Gasteiger partial charge < -0.3 is 4.74 Å². The Labute approximate surface area is 174 Å². The molecule has 7 nitrogen and oxygen atoms in total. The first-order valence-electron chi connectivity index (χ1n) is 9.40. The molecule has 152 valence electrons. The SMILES string of the molecule is CCOc1ccccc1[C@@H](C[N+](=O)[O-])Sc1nnc(C)n1-c1ccc(C)c(C)c1. The number of ether oxygens (including phenoxy) is 1. The molecule has 8 heteroatoms. The first-order valence-corrected chi connectivity index (χ1v) is 10.3. The number of rotatable bonds is 8. The number of hydrogen-bond donors (Lipinski definition) is 0. The van der Waals surface area contributed by atoms with Gasteiger partial charge in [0, 0.05) is 16.2 Å². The third-order valence-electron chi connectivity index (χ3n) is 4.67. The summed E-state index contributed by atoms with van der Waals surface area (Å²) in [4.78, 5) is 11.1. The van der Waals surface area contributed by atoms with Gasteiger partial charge in [-0.05, 0) is 57.0 Å². The fourth-order valence-electron chi connectivity index (χ4n) is 3.08. The third-order valence-corrected chi connectivity index (χ3v) is 5.83. The van der Waals surface area contributed by atoms with E-state index in [4.69, 9.17) is 4.74 Å². The number of aromatic nitrogens is 3. The number of nitro groups is 1. The van der Waals surface area contributed by atoms with Gasteiger partial charge in [-0.2, -0.15) is 0 Å². The summed E-state index contributed by atoms with van der Waals surface area (Å²) in [5.41, 5.74) is 4.08. The maximum Gasteiger partial charge on any atom is 0.220 e. The van der Waals surface area contributed by atoms with Crippen LogP contribution in [0.1, 0.15) is 34.7 Å². The summed E-state index contributed by atoms with van der Waals surface area (Å²) in [7, 11) is 0. The molecule has 29 heavy (non-hydrogen) atoms. The van der Waals surface area contributed by atoms with E-state index in [2.05, 4.69) is 36.2 Å². The van der Waals surface area contributed by atoms with Crippen LogP contribution >= 0.6 is 11.8 Å².